The second kappa shape index (κ2) is 5.73. The van der Waals surface area contributed by atoms with E-state index in [1.807, 2.05) is 0 Å². The molecule has 0 saturated heterocycles. The van der Waals surface area contributed by atoms with Gasteiger partial charge in [-0.2, -0.15) is 0 Å². The largest absolute Gasteiger partial charge is 0.486 e. The molecular weight excluding hydrogens is 219 g/mol. The van der Waals surface area contributed by atoms with Gasteiger partial charge in [0.05, 0.1) is 6.61 Å². The predicted octanol–water partition coefficient (Wildman–Crippen LogP) is 2.84. The van der Waals surface area contributed by atoms with Gasteiger partial charge < -0.3 is 9.84 Å². The van der Waals surface area contributed by atoms with Gasteiger partial charge in [0.1, 0.15) is 6.61 Å². The van der Waals surface area contributed by atoms with E-state index in [1.165, 1.54) is 17.7 Å². The second-order valence-electron chi connectivity index (χ2n) is 3.17. The Morgan fingerprint density at radius 3 is 2.87 bits per heavy atom. The smallest absolute Gasteiger partial charge is 0.165 e. The summed E-state index contributed by atoms with van der Waals surface area (Å²) < 4.78 is 18.5. The van der Waals surface area contributed by atoms with Crippen molar-refractivity contribution in [3.05, 3.63) is 40.7 Å². The fraction of sp³-hybridized carbons (Fsp3) is 0.273. The molecule has 15 heavy (non-hydrogen) atoms. The van der Waals surface area contributed by atoms with Crippen molar-refractivity contribution in [2.45, 2.75) is 13.5 Å². The highest BCUT2D eigenvalue weighted by Crippen LogP contribution is 2.19. The van der Waals surface area contributed by atoms with E-state index in [0.29, 0.717) is 5.56 Å². The van der Waals surface area contributed by atoms with Crippen LogP contribution in [-0.4, -0.2) is 11.7 Å². The minimum Gasteiger partial charge on any atom is -0.486 e. The molecule has 0 radical (unpaired) electrons. The van der Waals surface area contributed by atoms with Crippen LogP contribution in [0.2, 0.25) is 0 Å². The SMILES string of the molecule is C/C(=C/Cl)COc1ccc(CO)cc1F. The molecule has 1 N–H and O–H groups in total. The highest BCUT2D eigenvalue weighted by Gasteiger charge is 2.04. The van der Waals surface area contributed by atoms with Gasteiger partial charge in [0, 0.05) is 5.54 Å². The van der Waals surface area contributed by atoms with Crippen molar-refractivity contribution in [3.63, 3.8) is 0 Å². The number of ether oxygens (including phenoxy) is 1. The first kappa shape index (κ1) is 12.0. The van der Waals surface area contributed by atoms with Gasteiger partial charge in [-0.15, -0.1) is 0 Å². The molecule has 2 nitrogen and oxygen atoms in total. The Labute approximate surface area is 92.9 Å². The Morgan fingerprint density at radius 2 is 2.33 bits per heavy atom. The van der Waals surface area contributed by atoms with Crippen LogP contribution in [0.5, 0.6) is 5.75 Å². The van der Waals surface area contributed by atoms with Crippen LogP contribution in [0, 0.1) is 5.82 Å². The van der Waals surface area contributed by atoms with Crippen molar-refractivity contribution in [2.24, 2.45) is 0 Å². The molecule has 0 atom stereocenters. The van der Waals surface area contributed by atoms with Gasteiger partial charge >= 0.3 is 0 Å². The first-order chi connectivity index (χ1) is 7.17. The lowest BCUT2D eigenvalue weighted by atomic mass is 10.2. The van der Waals surface area contributed by atoms with Crippen LogP contribution in [0.4, 0.5) is 4.39 Å². The summed E-state index contributed by atoms with van der Waals surface area (Å²) in [4.78, 5) is 0. The van der Waals surface area contributed by atoms with Gasteiger partial charge in [-0.05, 0) is 30.2 Å². The molecule has 1 aromatic rings. The number of hydrogen-bond acceptors (Lipinski definition) is 2. The summed E-state index contributed by atoms with van der Waals surface area (Å²) in [6.07, 6.45) is 0. The van der Waals surface area contributed by atoms with Crippen molar-refractivity contribution >= 4 is 11.6 Å². The zero-order valence-electron chi connectivity index (χ0n) is 8.34. The molecule has 0 saturated carbocycles. The van der Waals surface area contributed by atoms with Crippen LogP contribution in [0.25, 0.3) is 0 Å². The predicted molar refractivity (Wildman–Crippen MR) is 57.4 cm³/mol. The molecule has 0 bridgehead atoms. The zero-order chi connectivity index (χ0) is 11.3. The lowest BCUT2D eigenvalue weighted by Crippen LogP contribution is -2.00. The van der Waals surface area contributed by atoms with Gasteiger partial charge in [0.25, 0.3) is 0 Å². The van der Waals surface area contributed by atoms with Gasteiger partial charge in [-0.1, -0.05) is 17.7 Å². The molecule has 0 aromatic heterocycles. The van der Waals surface area contributed by atoms with E-state index >= 15 is 0 Å². The average Bonchev–Trinajstić information content (AvgIpc) is 2.26. The summed E-state index contributed by atoms with van der Waals surface area (Å²) in [5, 5.41) is 8.78. The number of rotatable bonds is 4. The van der Waals surface area contributed by atoms with Crippen molar-refractivity contribution < 1.29 is 14.2 Å². The Kier molecular flexibility index (Phi) is 4.59. The highest BCUT2D eigenvalue weighted by atomic mass is 35.5. The third-order valence-corrected chi connectivity index (χ3v) is 2.19. The van der Waals surface area contributed by atoms with Crippen molar-refractivity contribution in [3.8, 4) is 5.75 Å². The molecule has 1 aromatic carbocycles. The van der Waals surface area contributed by atoms with Gasteiger partial charge in [0.15, 0.2) is 11.6 Å². The third kappa shape index (κ3) is 3.53. The quantitative estimate of drug-likeness (QED) is 0.862. The van der Waals surface area contributed by atoms with Crippen LogP contribution in [-0.2, 0) is 6.61 Å². The van der Waals surface area contributed by atoms with Crippen molar-refractivity contribution in [2.75, 3.05) is 6.61 Å². The fourth-order valence-electron chi connectivity index (χ4n) is 0.983. The van der Waals surface area contributed by atoms with Gasteiger partial charge in [-0.25, -0.2) is 4.39 Å². The fourth-order valence-corrected chi connectivity index (χ4v) is 1.05. The lowest BCUT2D eigenvalue weighted by molar-refractivity contribution is 0.280. The Bertz CT molecular complexity index is 364. The Hall–Kier alpha value is -1.06. The Morgan fingerprint density at radius 1 is 1.60 bits per heavy atom. The maximum Gasteiger partial charge on any atom is 0.165 e. The van der Waals surface area contributed by atoms with Gasteiger partial charge in [-0.3, -0.25) is 0 Å². The summed E-state index contributed by atoms with van der Waals surface area (Å²) in [7, 11) is 0. The summed E-state index contributed by atoms with van der Waals surface area (Å²) >= 11 is 5.44. The van der Waals surface area contributed by atoms with E-state index in [2.05, 4.69) is 0 Å². The minimum absolute atomic E-state index is 0.157. The van der Waals surface area contributed by atoms with Crippen LogP contribution in [0.3, 0.4) is 0 Å². The normalized spacial score (nSPS) is 11.6. The topological polar surface area (TPSA) is 29.5 Å². The lowest BCUT2D eigenvalue weighted by Gasteiger charge is -2.07. The second-order valence-corrected chi connectivity index (χ2v) is 3.39. The summed E-state index contributed by atoms with van der Waals surface area (Å²) in [5.74, 6) is -0.325. The van der Waals surface area contributed by atoms with E-state index < -0.39 is 5.82 Å². The van der Waals surface area contributed by atoms with Crippen LogP contribution >= 0.6 is 11.6 Å². The number of hydrogen-bond donors (Lipinski definition) is 1. The zero-order valence-corrected chi connectivity index (χ0v) is 9.09. The number of benzene rings is 1. The summed E-state index contributed by atoms with van der Waals surface area (Å²) in [6, 6.07) is 4.34. The molecule has 0 aliphatic heterocycles. The molecule has 0 aliphatic rings. The molecule has 1 rings (SSSR count). The maximum absolute atomic E-state index is 13.3. The first-order valence-electron chi connectivity index (χ1n) is 4.45. The van der Waals surface area contributed by atoms with E-state index in [1.54, 1.807) is 13.0 Å². The van der Waals surface area contributed by atoms with Crippen LogP contribution < -0.4 is 4.74 Å². The molecule has 0 unspecified atom stereocenters. The van der Waals surface area contributed by atoms with Crippen molar-refractivity contribution in [1.29, 1.82) is 0 Å². The molecule has 82 valence electrons. The maximum atomic E-state index is 13.3. The minimum atomic E-state index is -0.482. The monoisotopic (exact) mass is 230 g/mol. The van der Waals surface area contributed by atoms with Gasteiger partial charge in [0.2, 0.25) is 0 Å². The third-order valence-electron chi connectivity index (χ3n) is 1.82. The molecule has 0 fully saturated rings. The molecular formula is C11H12ClFO2. The van der Waals surface area contributed by atoms with E-state index in [4.69, 9.17) is 21.4 Å². The first-order valence-corrected chi connectivity index (χ1v) is 4.89. The molecule has 0 spiro atoms. The van der Waals surface area contributed by atoms with E-state index in [-0.39, 0.29) is 19.0 Å². The summed E-state index contributed by atoms with van der Waals surface area (Å²) in [6.45, 7) is 1.85. The van der Waals surface area contributed by atoms with E-state index in [9.17, 15) is 4.39 Å². The summed E-state index contributed by atoms with van der Waals surface area (Å²) in [5.41, 5.74) is 2.71. The molecule has 0 heterocycles. The van der Waals surface area contributed by atoms with Crippen LogP contribution in [0.1, 0.15) is 12.5 Å². The Balaban J connectivity index is 2.70. The average molecular weight is 231 g/mol. The molecule has 0 amide bonds. The molecule has 0 aliphatic carbocycles. The molecule has 4 heteroatoms. The van der Waals surface area contributed by atoms with E-state index in [0.717, 1.165) is 5.57 Å². The van der Waals surface area contributed by atoms with Crippen molar-refractivity contribution in [1.82, 2.24) is 0 Å². The number of halogens is 2. The standard InChI is InChI=1S/C11H12ClFO2/c1-8(5-12)7-15-11-3-2-9(6-14)4-10(11)13/h2-5,14H,6-7H2,1H3/b8-5-. The highest BCUT2D eigenvalue weighted by molar-refractivity contribution is 6.25. The number of aliphatic hydroxyl groups is 1. The van der Waals surface area contributed by atoms with Crippen LogP contribution in [0.15, 0.2) is 29.3 Å². The number of aliphatic hydroxyl groups excluding tert-OH is 1.